The Labute approximate surface area is 170 Å². The first-order valence-corrected chi connectivity index (χ1v) is 10.3. The summed E-state index contributed by atoms with van der Waals surface area (Å²) >= 11 is 0. The van der Waals surface area contributed by atoms with Crippen LogP contribution in [0.2, 0.25) is 0 Å². The number of benzene rings is 1. The van der Waals surface area contributed by atoms with Gasteiger partial charge in [0.1, 0.15) is 0 Å². The number of carbonyl (C=O) groups excluding carboxylic acids is 1. The third-order valence-corrected chi connectivity index (χ3v) is 5.87. The minimum absolute atomic E-state index is 0.123. The van der Waals surface area contributed by atoms with Crippen LogP contribution in [0.1, 0.15) is 31.0 Å². The van der Waals surface area contributed by atoms with Crippen LogP contribution in [-0.2, 0) is 24.3 Å². The maximum absolute atomic E-state index is 11.9. The van der Waals surface area contributed by atoms with Crippen LogP contribution in [0.15, 0.2) is 48.8 Å². The van der Waals surface area contributed by atoms with Crippen molar-refractivity contribution >= 4 is 17.4 Å². The van der Waals surface area contributed by atoms with Crippen molar-refractivity contribution in [3.63, 3.8) is 0 Å². The number of hydrogen-bond donors (Lipinski definition) is 1. The van der Waals surface area contributed by atoms with Crippen molar-refractivity contribution in [1.82, 2.24) is 19.7 Å². The van der Waals surface area contributed by atoms with E-state index in [-0.39, 0.29) is 5.91 Å². The van der Waals surface area contributed by atoms with Crippen LogP contribution in [0.25, 0.3) is 11.1 Å². The zero-order chi connectivity index (χ0) is 19.8. The van der Waals surface area contributed by atoms with Gasteiger partial charge in [0.05, 0.1) is 6.54 Å². The predicted molar refractivity (Wildman–Crippen MR) is 113 cm³/mol. The molecule has 1 aliphatic heterocycles. The number of carbonyl (C=O) groups is 1. The largest absolute Gasteiger partial charge is 0.338 e. The Hall–Kier alpha value is -3.15. The summed E-state index contributed by atoms with van der Waals surface area (Å²) in [4.78, 5) is 17.9. The van der Waals surface area contributed by atoms with Crippen LogP contribution < -0.4 is 5.32 Å². The standard InChI is InChI=1S/C23H25N5O/c1-16(29)27-13-10-22-21(15-27)23(26-28(22)14-17-2-3-17)25-20-6-4-18(5-7-20)19-8-11-24-12-9-19/h4-9,11-12,17H,2-3,10,13-15H2,1H3,(H,25,26). The zero-order valence-corrected chi connectivity index (χ0v) is 16.6. The molecular weight excluding hydrogens is 362 g/mol. The first-order chi connectivity index (χ1) is 14.2. The average molecular weight is 387 g/mol. The number of rotatable bonds is 5. The summed E-state index contributed by atoms with van der Waals surface area (Å²) in [5.74, 6) is 1.76. The second kappa shape index (κ2) is 7.35. The van der Waals surface area contributed by atoms with Crippen LogP contribution in [0.5, 0.6) is 0 Å². The molecule has 0 atom stereocenters. The molecule has 0 spiro atoms. The predicted octanol–water partition coefficient (Wildman–Crippen LogP) is 4.00. The Morgan fingerprint density at radius 2 is 1.83 bits per heavy atom. The second-order valence-electron chi connectivity index (χ2n) is 8.03. The van der Waals surface area contributed by atoms with Crippen molar-refractivity contribution in [3.8, 4) is 11.1 Å². The summed E-state index contributed by atoms with van der Waals surface area (Å²) < 4.78 is 2.18. The van der Waals surface area contributed by atoms with E-state index in [9.17, 15) is 4.79 Å². The molecule has 0 saturated heterocycles. The van der Waals surface area contributed by atoms with E-state index < -0.39 is 0 Å². The SMILES string of the molecule is CC(=O)N1CCc2c(c(Nc3ccc(-c4ccncc4)cc3)nn2CC2CC2)C1. The summed E-state index contributed by atoms with van der Waals surface area (Å²) in [7, 11) is 0. The Bertz CT molecular complexity index is 1020. The number of fused-ring (bicyclic) bond motifs is 1. The first kappa shape index (κ1) is 17.9. The number of hydrogen-bond acceptors (Lipinski definition) is 4. The fourth-order valence-electron chi connectivity index (χ4n) is 3.98. The lowest BCUT2D eigenvalue weighted by Gasteiger charge is -2.26. The van der Waals surface area contributed by atoms with Gasteiger partial charge in [0.15, 0.2) is 5.82 Å². The Morgan fingerprint density at radius 1 is 1.10 bits per heavy atom. The third kappa shape index (κ3) is 3.75. The molecule has 3 heterocycles. The van der Waals surface area contributed by atoms with Gasteiger partial charge in [-0.15, -0.1) is 0 Å². The highest BCUT2D eigenvalue weighted by Gasteiger charge is 2.29. The van der Waals surface area contributed by atoms with E-state index in [1.807, 2.05) is 17.0 Å². The molecule has 29 heavy (non-hydrogen) atoms. The highest BCUT2D eigenvalue weighted by atomic mass is 16.2. The Morgan fingerprint density at radius 3 is 2.52 bits per heavy atom. The molecule has 2 aliphatic rings. The maximum Gasteiger partial charge on any atom is 0.219 e. The fraction of sp³-hybridized carbons (Fsp3) is 0.348. The number of nitrogens with zero attached hydrogens (tertiary/aromatic N) is 4. The maximum atomic E-state index is 11.9. The van der Waals surface area contributed by atoms with Crippen molar-refractivity contribution in [2.45, 2.75) is 39.3 Å². The van der Waals surface area contributed by atoms with E-state index in [2.05, 4.69) is 39.2 Å². The monoisotopic (exact) mass is 387 g/mol. The van der Waals surface area contributed by atoms with Crippen LogP contribution in [0, 0.1) is 5.92 Å². The van der Waals surface area contributed by atoms with Crippen molar-refractivity contribution < 1.29 is 4.79 Å². The lowest BCUT2D eigenvalue weighted by atomic mass is 10.1. The second-order valence-corrected chi connectivity index (χ2v) is 8.03. The molecule has 6 nitrogen and oxygen atoms in total. The highest BCUT2D eigenvalue weighted by Crippen LogP contribution is 2.34. The van der Waals surface area contributed by atoms with Gasteiger partial charge < -0.3 is 10.2 Å². The Kier molecular flexibility index (Phi) is 4.54. The molecule has 1 aromatic carbocycles. The molecule has 0 bridgehead atoms. The van der Waals surface area contributed by atoms with Crippen molar-refractivity contribution in [2.75, 3.05) is 11.9 Å². The number of pyridine rings is 1. The van der Waals surface area contributed by atoms with Gasteiger partial charge in [0.25, 0.3) is 0 Å². The lowest BCUT2D eigenvalue weighted by molar-refractivity contribution is -0.129. The number of aromatic nitrogens is 3. The number of amides is 1. The number of nitrogens with one attached hydrogen (secondary N) is 1. The van der Waals surface area contributed by atoms with E-state index in [0.29, 0.717) is 6.54 Å². The van der Waals surface area contributed by atoms with Crippen LogP contribution in [0.3, 0.4) is 0 Å². The van der Waals surface area contributed by atoms with Crippen LogP contribution >= 0.6 is 0 Å². The normalized spacial score (nSPS) is 15.8. The summed E-state index contributed by atoms with van der Waals surface area (Å²) in [6.07, 6.45) is 7.08. The molecule has 0 unspecified atom stereocenters. The van der Waals surface area contributed by atoms with Gasteiger partial charge in [-0.25, -0.2) is 0 Å². The van der Waals surface area contributed by atoms with Crippen molar-refractivity contribution in [3.05, 3.63) is 60.0 Å². The van der Waals surface area contributed by atoms with E-state index in [0.717, 1.165) is 53.6 Å². The summed E-state index contributed by atoms with van der Waals surface area (Å²) in [6.45, 7) is 4.04. The van der Waals surface area contributed by atoms with Gasteiger partial charge in [-0.3, -0.25) is 14.5 Å². The van der Waals surface area contributed by atoms with E-state index >= 15 is 0 Å². The van der Waals surface area contributed by atoms with Crippen molar-refractivity contribution in [2.24, 2.45) is 5.92 Å². The highest BCUT2D eigenvalue weighted by molar-refractivity contribution is 5.74. The average Bonchev–Trinajstić information content (AvgIpc) is 3.51. The summed E-state index contributed by atoms with van der Waals surface area (Å²) in [5, 5.41) is 8.40. The molecule has 5 rings (SSSR count). The van der Waals surface area contributed by atoms with E-state index in [4.69, 9.17) is 5.10 Å². The molecule has 2 aromatic heterocycles. The molecule has 1 aliphatic carbocycles. The Balaban J connectivity index is 1.41. The van der Waals surface area contributed by atoms with Crippen molar-refractivity contribution in [1.29, 1.82) is 0 Å². The van der Waals surface area contributed by atoms with Gasteiger partial charge >= 0.3 is 0 Å². The topological polar surface area (TPSA) is 63.1 Å². The smallest absolute Gasteiger partial charge is 0.219 e. The third-order valence-electron chi connectivity index (χ3n) is 5.87. The van der Waals surface area contributed by atoms with Gasteiger partial charge in [0, 0.05) is 55.8 Å². The molecule has 3 aromatic rings. The molecule has 0 radical (unpaired) electrons. The molecule has 6 heteroatoms. The minimum Gasteiger partial charge on any atom is -0.338 e. The molecule has 148 valence electrons. The molecule has 1 saturated carbocycles. The molecule has 1 amide bonds. The first-order valence-electron chi connectivity index (χ1n) is 10.3. The molecule has 1 fully saturated rings. The summed E-state index contributed by atoms with van der Waals surface area (Å²) in [6, 6.07) is 12.4. The van der Waals surface area contributed by atoms with E-state index in [1.165, 1.54) is 18.5 Å². The lowest BCUT2D eigenvalue weighted by Crippen LogP contribution is -2.34. The van der Waals surface area contributed by atoms with Gasteiger partial charge in [-0.05, 0) is 54.2 Å². The van der Waals surface area contributed by atoms with Gasteiger partial charge in [-0.1, -0.05) is 12.1 Å². The summed E-state index contributed by atoms with van der Waals surface area (Å²) in [5.41, 5.74) is 5.74. The van der Waals surface area contributed by atoms with Crippen LogP contribution in [-0.4, -0.2) is 32.1 Å². The fourth-order valence-corrected chi connectivity index (χ4v) is 3.98. The zero-order valence-electron chi connectivity index (χ0n) is 16.6. The quantitative estimate of drug-likeness (QED) is 0.719. The minimum atomic E-state index is 0.123. The molecular formula is C23H25N5O. The number of anilines is 2. The van der Waals surface area contributed by atoms with Crippen LogP contribution in [0.4, 0.5) is 11.5 Å². The van der Waals surface area contributed by atoms with Gasteiger partial charge in [-0.2, -0.15) is 5.10 Å². The van der Waals surface area contributed by atoms with E-state index in [1.54, 1.807) is 19.3 Å². The molecule has 1 N–H and O–H groups in total. The van der Waals surface area contributed by atoms with Gasteiger partial charge in [0.2, 0.25) is 5.91 Å².